The molecule has 1 aliphatic carbocycles. The highest BCUT2D eigenvalue weighted by Gasteiger charge is 2.33. The summed E-state index contributed by atoms with van der Waals surface area (Å²) in [6, 6.07) is 15.9. The molecule has 0 unspecified atom stereocenters. The molecule has 0 N–H and O–H groups in total. The number of nitrogens with zero attached hydrogens (tertiary/aromatic N) is 3. The molecule has 0 radical (unpaired) electrons. The quantitative estimate of drug-likeness (QED) is 0.570. The van der Waals surface area contributed by atoms with Gasteiger partial charge in [-0.1, -0.05) is 48.0 Å². The predicted molar refractivity (Wildman–Crippen MR) is 131 cm³/mol. The molecular formula is C28H35N3O2. The first kappa shape index (κ1) is 23.2. The van der Waals surface area contributed by atoms with Gasteiger partial charge in [0.05, 0.1) is 0 Å². The number of carbonyl (C=O) groups excluding carboxylic acids is 2. The minimum Gasteiger partial charge on any atom is -0.342 e. The monoisotopic (exact) mass is 445 g/mol. The normalized spacial score (nSPS) is 17.8. The van der Waals surface area contributed by atoms with E-state index in [4.69, 9.17) is 0 Å². The maximum absolute atomic E-state index is 13.2. The minimum absolute atomic E-state index is 0.0423. The Morgan fingerprint density at radius 2 is 1.82 bits per heavy atom. The summed E-state index contributed by atoms with van der Waals surface area (Å²) in [6.45, 7) is 1.54. The Morgan fingerprint density at radius 1 is 1.06 bits per heavy atom. The number of amides is 2. The molecule has 2 heterocycles. The second-order valence-corrected chi connectivity index (χ2v) is 9.39. The van der Waals surface area contributed by atoms with Gasteiger partial charge >= 0.3 is 0 Å². The van der Waals surface area contributed by atoms with Crippen molar-refractivity contribution in [3.8, 4) is 0 Å². The molecule has 33 heavy (non-hydrogen) atoms. The van der Waals surface area contributed by atoms with Crippen LogP contribution in [0.2, 0.25) is 0 Å². The maximum atomic E-state index is 13.2. The largest absolute Gasteiger partial charge is 0.342 e. The van der Waals surface area contributed by atoms with Crippen molar-refractivity contribution >= 4 is 11.8 Å². The van der Waals surface area contributed by atoms with Crippen LogP contribution in [0.3, 0.4) is 0 Å². The molecule has 1 fully saturated rings. The van der Waals surface area contributed by atoms with Crippen LogP contribution in [0, 0.1) is 5.92 Å². The van der Waals surface area contributed by atoms with E-state index < -0.39 is 0 Å². The topological polar surface area (TPSA) is 53.5 Å². The van der Waals surface area contributed by atoms with Gasteiger partial charge in [-0.15, -0.1) is 0 Å². The summed E-state index contributed by atoms with van der Waals surface area (Å²) in [5.41, 5.74) is 3.02. The van der Waals surface area contributed by atoms with E-state index in [1.54, 1.807) is 12.3 Å². The smallest absolute Gasteiger partial charge is 0.272 e. The molecule has 4 rings (SSSR count). The number of likely N-dealkylation sites (tertiary alicyclic amines) is 1. The number of aromatic nitrogens is 1. The van der Waals surface area contributed by atoms with Crippen molar-refractivity contribution in [2.24, 2.45) is 5.92 Å². The number of rotatable bonds is 7. The van der Waals surface area contributed by atoms with Gasteiger partial charge in [-0.2, -0.15) is 0 Å². The van der Waals surface area contributed by atoms with Crippen molar-refractivity contribution in [3.63, 3.8) is 0 Å². The second-order valence-electron chi connectivity index (χ2n) is 9.39. The molecule has 2 aromatic rings. The van der Waals surface area contributed by atoms with Gasteiger partial charge in [0.1, 0.15) is 5.69 Å². The fourth-order valence-electron chi connectivity index (χ4n) is 5.20. The van der Waals surface area contributed by atoms with Gasteiger partial charge in [-0.25, -0.2) is 0 Å². The lowest BCUT2D eigenvalue weighted by atomic mass is 9.84. The lowest BCUT2D eigenvalue weighted by molar-refractivity contribution is -0.132. The van der Waals surface area contributed by atoms with Crippen LogP contribution < -0.4 is 0 Å². The first-order valence-electron chi connectivity index (χ1n) is 12.3. The average Bonchev–Trinajstić information content (AvgIpc) is 2.88. The minimum atomic E-state index is -0.0423. The highest BCUT2D eigenvalue weighted by Crippen LogP contribution is 2.28. The summed E-state index contributed by atoms with van der Waals surface area (Å²) in [4.78, 5) is 34.3. The molecule has 0 spiro atoms. The van der Waals surface area contributed by atoms with Crippen LogP contribution in [0.25, 0.3) is 0 Å². The predicted octanol–water partition coefficient (Wildman–Crippen LogP) is 4.89. The van der Waals surface area contributed by atoms with E-state index in [1.165, 1.54) is 24.0 Å². The van der Waals surface area contributed by atoms with Crippen molar-refractivity contribution < 1.29 is 9.59 Å². The van der Waals surface area contributed by atoms with Gasteiger partial charge in [0.15, 0.2) is 0 Å². The lowest BCUT2D eigenvalue weighted by Gasteiger charge is -2.40. The Balaban J connectivity index is 1.43. The first-order valence-corrected chi connectivity index (χ1v) is 12.3. The number of hydrogen-bond acceptors (Lipinski definition) is 3. The van der Waals surface area contributed by atoms with Crippen LogP contribution in [0.15, 0.2) is 66.4 Å². The summed E-state index contributed by atoms with van der Waals surface area (Å²) in [7, 11) is 1.90. The number of allylic oxidation sites excluding steroid dienone is 1. The number of hydrogen-bond donors (Lipinski definition) is 0. The molecule has 5 heteroatoms. The molecule has 1 saturated heterocycles. The van der Waals surface area contributed by atoms with Crippen molar-refractivity contribution in [1.29, 1.82) is 0 Å². The summed E-state index contributed by atoms with van der Waals surface area (Å²) in [6.07, 6.45) is 11.8. The Hall–Kier alpha value is -2.95. The molecule has 1 aromatic heterocycles. The highest BCUT2D eigenvalue weighted by molar-refractivity contribution is 5.92. The van der Waals surface area contributed by atoms with Crippen molar-refractivity contribution in [3.05, 3.63) is 77.6 Å². The third-order valence-electron chi connectivity index (χ3n) is 7.19. The van der Waals surface area contributed by atoms with E-state index in [-0.39, 0.29) is 17.9 Å². The number of pyridine rings is 1. The van der Waals surface area contributed by atoms with Crippen LogP contribution in [0.4, 0.5) is 0 Å². The Morgan fingerprint density at radius 3 is 2.48 bits per heavy atom. The molecule has 2 amide bonds. The molecule has 174 valence electrons. The van der Waals surface area contributed by atoms with Crippen LogP contribution in [-0.2, 0) is 11.2 Å². The molecule has 2 aliphatic rings. The van der Waals surface area contributed by atoms with Crippen LogP contribution >= 0.6 is 0 Å². The molecule has 1 aromatic carbocycles. The Kier molecular flexibility index (Phi) is 7.92. The first-order chi connectivity index (χ1) is 16.1. The lowest BCUT2D eigenvalue weighted by Crippen LogP contribution is -2.48. The van der Waals surface area contributed by atoms with Gasteiger partial charge in [-0.3, -0.25) is 14.6 Å². The number of benzene rings is 1. The third-order valence-corrected chi connectivity index (χ3v) is 7.19. The zero-order chi connectivity index (χ0) is 23.0. The summed E-state index contributed by atoms with van der Waals surface area (Å²) in [5, 5.41) is 0. The third kappa shape index (κ3) is 6.10. The van der Waals surface area contributed by atoms with E-state index in [9.17, 15) is 9.59 Å². The summed E-state index contributed by atoms with van der Waals surface area (Å²) < 4.78 is 0. The van der Waals surface area contributed by atoms with Gasteiger partial charge < -0.3 is 9.80 Å². The van der Waals surface area contributed by atoms with E-state index in [2.05, 4.69) is 23.2 Å². The van der Waals surface area contributed by atoms with Crippen molar-refractivity contribution in [2.75, 3.05) is 20.1 Å². The van der Waals surface area contributed by atoms with E-state index >= 15 is 0 Å². The van der Waals surface area contributed by atoms with Crippen molar-refractivity contribution in [1.82, 2.24) is 14.8 Å². The fraction of sp³-hybridized carbons (Fsp3) is 0.464. The standard InChI is InChI=1S/C28H35N3O2/c1-30(28(33)25-14-8-9-17-29-25)26(20-22-10-4-2-5-11-22)24-15-18-31(19-16-24)27(32)21-23-12-6-3-7-13-23/h2,4-5,8-12,14,17,24,26H,3,6-7,13,15-16,18-21H2,1H3/t26-/m1/s1. The van der Waals surface area contributed by atoms with E-state index in [0.717, 1.165) is 45.2 Å². The number of likely N-dealkylation sites (N-methyl/N-ethyl adjacent to an activating group) is 1. The maximum Gasteiger partial charge on any atom is 0.272 e. The van der Waals surface area contributed by atoms with Gasteiger partial charge in [0.2, 0.25) is 5.91 Å². The Bertz CT molecular complexity index is 950. The SMILES string of the molecule is CN(C(=O)c1ccccn1)[C@H](Cc1ccccc1)C1CCN(C(=O)CC2=CCCCC2)CC1. The molecule has 0 bridgehead atoms. The number of piperidine rings is 1. The molecule has 1 atom stereocenters. The van der Waals surface area contributed by atoms with E-state index in [0.29, 0.717) is 18.0 Å². The van der Waals surface area contributed by atoms with Gasteiger partial charge in [0, 0.05) is 38.8 Å². The molecular weight excluding hydrogens is 410 g/mol. The van der Waals surface area contributed by atoms with Crippen LogP contribution in [0.1, 0.15) is 61.0 Å². The average molecular weight is 446 g/mol. The fourth-order valence-corrected chi connectivity index (χ4v) is 5.20. The Labute approximate surface area is 197 Å². The van der Waals surface area contributed by atoms with Gasteiger partial charge in [-0.05, 0) is 68.6 Å². The zero-order valence-electron chi connectivity index (χ0n) is 19.7. The van der Waals surface area contributed by atoms with Gasteiger partial charge in [0.25, 0.3) is 5.91 Å². The second kappa shape index (κ2) is 11.3. The summed E-state index contributed by atoms with van der Waals surface area (Å²) >= 11 is 0. The zero-order valence-corrected chi connectivity index (χ0v) is 19.7. The van der Waals surface area contributed by atoms with Crippen molar-refractivity contribution in [2.45, 2.75) is 57.4 Å². The summed E-state index contributed by atoms with van der Waals surface area (Å²) in [5.74, 6) is 0.569. The molecule has 0 saturated carbocycles. The number of carbonyl (C=O) groups is 2. The van der Waals surface area contributed by atoms with E-state index in [1.807, 2.05) is 47.2 Å². The van der Waals surface area contributed by atoms with Crippen LogP contribution in [0.5, 0.6) is 0 Å². The van der Waals surface area contributed by atoms with Crippen LogP contribution in [-0.4, -0.2) is 52.8 Å². The molecule has 1 aliphatic heterocycles. The molecule has 5 nitrogen and oxygen atoms in total. The highest BCUT2D eigenvalue weighted by atomic mass is 16.2.